The van der Waals surface area contributed by atoms with Gasteiger partial charge in [0.1, 0.15) is 11.6 Å². The molecule has 1 N–H and O–H groups in total. The predicted molar refractivity (Wildman–Crippen MR) is 107 cm³/mol. The second-order valence-electron chi connectivity index (χ2n) is 8.33. The summed E-state index contributed by atoms with van der Waals surface area (Å²) in [5.41, 5.74) is 5.11. The summed E-state index contributed by atoms with van der Waals surface area (Å²) in [7, 11) is 1.72. The van der Waals surface area contributed by atoms with Crippen LogP contribution in [0, 0.1) is 5.82 Å². The van der Waals surface area contributed by atoms with E-state index in [1.165, 1.54) is 28.2 Å². The van der Waals surface area contributed by atoms with Crippen LogP contribution in [0.1, 0.15) is 35.8 Å². The molecule has 0 aliphatic carbocycles. The Labute approximate surface area is 163 Å². The number of fused-ring (bicyclic) bond motifs is 5. The number of ether oxygens (including phenoxy) is 1. The highest BCUT2D eigenvalue weighted by Gasteiger charge is 2.55. The van der Waals surface area contributed by atoms with Gasteiger partial charge in [0, 0.05) is 36.2 Å². The molecule has 4 aliphatic rings. The molecule has 28 heavy (non-hydrogen) atoms. The fourth-order valence-electron chi connectivity index (χ4n) is 5.89. The molecule has 1 spiro atoms. The molecule has 7 rings (SSSR count). The van der Waals surface area contributed by atoms with Gasteiger partial charge in [-0.05, 0) is 60.7 Å². The zero-order valence-electron chi connectivity index (χ0n) is 16.0. The summed E-state index contributed by atoms with van der Waals surface area (Å²) in [6, 6.07) is 13.5. The van der Waals surface area contributed by atoms with Crippen molar-refractivity contribution in [2.24, 2.45) is 0 Å². The highest BCUT2D eigenvalue weighted by molar-refractivity contribution is 5.87. The highest BCUT2D eigenvalue weighted by atomic mass is 19.1. The molecule has 2 bridgehead atoms. The van der Waals surface area contributed by atoms with Crippen molar-refractivity contribution in [1.29, 1.82) is 0 Å². The summed E-state index contributed by atoms with van der Waals surface area (Å²) in [5.74, 6) is 0.759. The van der Waals surface area contributed by atoms with Crippen LogP contribution in [-0.2, 0) is 12.0 Å². The molecule has 3 fully saturated rings. The normalized spacial score (nSPS) is 28.9. The van der Waals surface area contributed by atoms with Gasteiger partial charge < -0.3 is 9.72 Å². The third-order valence-corrected chi connectivity index (χ3v) is 7.14. The molecule has 5 heteroatoms. The largest absolute Gasteiger partial charge is 0.497 e. The van der Waals surface area contributed by atoms with Gasteiger partial charge in [-0.25, -0.2) is 4.39 Å². The van der Waals surface area contributed by atoms with Crippen LogP contribution >= 0.6 is 0 Å². The van der Waals surface area contributed by atoms with E-state index < -0.39 is 0 Å². The number of hydrogen-bond donors (Lipinski definition) is 1. The Bertz CT molecular complexity index is 1070. The zero-order valence-corrected chi connectivity index (χ0v) is 16.0. The number of nitrogens with zero attached hydrogens (tertiary/aromatic N) is 2. The van der Waals surface area contributed by atoms with E-state index in [0.29, 0.717) is 0 Å². The number of aromatic nitrogens is 1. The molecular formula is C23H24FN3O. The molecular weight excluding hydrogens is 353 g/mol. The maximum absolute atomic E-state index is 14.0. The lowest BCUT2D eigenvalue weighted by atomic mass is 9.73. The second-order valence-corrected chi connectivity index (χ2v) is 8.33. The Morgan fingerprint density at radius 3 is 2.75 bits per heavy atom. The molecule has 144 valence electrons. The SMILES string of the molecule is COc1ccc2[nH]c3c(c2c1)CCN1C(c2cccc(F)c2)N2CCC31CC2. The van der Waals surface area contributed by atoms with Crippen LogP contribution < -0.4 is 4.74 Å². The maximum Gasteiger partial charge on any atom is 0.123 e. The zero-order chi connectivity index (χ0) is 18.9. The van der Waals surface area contributed by atoms with Crippen LogP contribution in [0.4, 0.5) is 4.39 Å². The lowest BCUT2D eigenvalue weighted by Crippen LogP contribution is -2.66. The smallest absolute Gasteiger partial charge is 0.123 e. The molecule has 0 amide bonds. The Morgan fingerprint density at radius 1 is 1.11 bits per heavy atom. The van der Waals surface area contributed by atoms with Crippen LogP contribution in [0.5, 0.6) is 5.75 Å². The first kappa shape index (κ1) is 16.6. The predicted octanol–water partition coefficient (Wildman–Crippen LogP) is 4.18. The number of rotatable bonds is 2. The molecule has 2 aromatic carbocycles. The third-order valence-electron chi connectivity index (χ3n) is 7.14. The van der Waals surface area contributed by atoms with Gasteiger partial charge in [0.2, 0.25) is 0 Å². The number of H-pyrrole nitrogens is 1. The Kier molecular flexibility index (Phi) is 3.44. The first-order valence-electron chi connectivity index (χ1n) is 10.1. The van der Waals surface area contributed by atoms with E-state index in [1.807, 2.05) is 12.1 Å². The topological polar surface area (TPSA) is 31.5 Å². The van der Waals surface area contributed by atoms with Crippen LogP contribution in [-0.4, -0.2) is 41.5 Å². The number of benzene rings is 2. The summed E-state index contributed by atoms with van der Waals surface area (Å²) >= 11 is 0. The minimum atomic E-state index is -0.149. The molecule has 3 aromatic rings. The van der Waals surface area contributed by atoms with Crippen LogP contribution in [0.3, 0.4) is 0 Å². The molecule has 4 nitrogen and oxygen atoms in total. The molecule has 5 heterocycles. The van der Waals surface area contributed by atoms with Crippen molar-refractivity contribution in [3.8, 4) is 5.75 Å². The van der Waals surface area contributed by atoms with E-state index in [2.05, 4.69) is 33.0 Å². The lowest BCUT2D eigenvalue weighted by molar-refractivity contribution is -0.149. The number of halogens is 1. The van der Waals surface area contributed by atoms with E-state index in [1.54, 1.807) is 13.2 Å². The van der Waals surface area contributed by atoms with Crippen molar-refractivity contribution in [3.63, 3.8) is 0 Å². The Hall–Kier alpha value is -2.37. The fourth-order valence-corrected chi connectivity index (χ4v) is 5.89. The van der Waals surface area contributed by atoms with Crippen molar-refractivity contribution in [2.75, 3.05) is 26.7 Å². The minimum Gasteiger partial charge on any atom is -0.497 e. The highest BCUT2D eigenvalue weighted by Crippen LogP contribution is 2.54. The molecule has 0 radical (unpaired) electrons. The number of methoxy groups -OCH3 is 1. The van der Waals surface area contributed by atoms with Crippen LogP contribution in [0.15, 0.2) is 42.5 Å². The fraction of sp³-hybridized carbons (Fsp3) is 0.391. The van der Waals surface area contributed by atoms with E-state index in [9.17, 15) is 4.39 Å². The Balaban J connectivity index is 1.51. The van der Waals surface area contributed by atoms with Crippen molar-refractivity contribution < 1.29 is 9.13 Å². The summed E-state index contributed by atoms with van der Waals surface area (Å²) in [5, 5.41) is 1.29. The number of nitrogens with one attached hydrogen (secondary N) is 1. The molecule has 1 atom stereocenters. The van der Waals surface area contributed by atoms with Crippen molar-refractivity contribution >= 4 is 10.9 Å². The van der Waals surface area contributed by atoms with E-state index in [0.717, 1.165) is 50.2 Å². The van der Waals surface area contributed by atoms with Gasteiger partial charge >= 0.3 is 0 Å². The van der Waals surface area contributed by atoms with Crippen molar-refractivity contribution in [1.82, 2.24) is 14.8 Å². The van der Waals surface area contributed by atoms with Gasteiger partial charge in [-0.1, -0.05) is 12.1 Å². The van der Waals surface area contributed by atoms with Crippen molar-refractivity contribution in [3.05, 3.63) is 65.1 Å². The maximum atomic E-state index is 14.0. The van der Waals surface area contributed by atoms with Gasteiger partial charge in [0.15, 0.2) is 0 Å². The summed E-state index contributed by atoms with van der Waals surface area (Å²) in [6.07, 6.45) is 3.41. The number of aromatic amines is 1. The monoisotopic (exact) mass is 377 g/mol. The number of piperidine rings is 1. The third kappa shape index (κ3) is 2.12. The first-order chi connectivity index (χ1) is 13.7. The van der Waals surface area contributed by atoms with Crippen molar-refractivity contribution in [2.45, 2.75) is 31.0 Å². The van der Waals surface area contributed by atoms with Gasteiger partial charge in [-0.2, -0.15) is 0 Å². The average Bonchev–Trinajstić information content (AvgIpc) is 3.12. The van der Waals surface area contributed by atoms with E-state index in [-0.39, 0.29) is 17.5 Å². The molecule has 3 saturated heterocycles. The minimum absolute atomic E-state index is 0.0194. The lowest BCUT2D eigenvalue weighted by Gasteiger charge is -2.62. The molecule has 1 unspecified atom stereocenters. The molecule has 1 aromatic heterocycles. The van der Waals surface area contributed by atoms with Crippen LogP contribution in [0.25, 0.3) is 10.9 Å². The average molecular weight is 377 g/mol. The molecule has 4 aliphatic heterocycles. The van der Waals surface area contributed by atoms with Gasteiger partial charge in [0.05, 0.1) is 18.8 Å². The van der Waals surface area contributed by atoms with Gasteiger partial charge in [-0.3, -0.25) is 9.80 Å². The van der Waals surface area contributed by atoms with E-state index in [4.69, 9.17) is 4.74 Å². The standard InChI is InChI=1S/C23H24FN3O/c1-28-17-5-6-20-19(14-17)18-7-10-27-22(15-3-2-4-16(24)13-15)26-11-8-23(27,9-12-26)21(18)25-20/h2-6,13-14,22,25H,7-12H2,1H3. The number of hydrogen-bond acceptors (Lipinski definition) is 3. The summed E-state index contributed by atoms with van der Waals surface area (Å²) in [4.78, 5) is 8.93. The van der Waals surface area contributed by atoms with E-state index >= 15 is 0 Å². The van der Waals surface area contributed by atoms with Crippen LogP contribution in [0.2, 0.25) is 0 Å². The van der Waals surface area contributed by atoms with Gasteiger partial charge in [0.25, 0.3) is 0 Å². The quantitative estimate of drug-likeness (QED) is 0.727. The molecule has 0 saturated carbocycles. The first-order valence-corrected chi connectivity index (χ1v) is 10.1. The summed E-state index contributed by atoms with van der Waals surface area (Å²) in [6.45, 7) is 3.10. The summed E-state index contributed by atoms with van der Waals surface area (Å²) < 4.78 is 19.4. The van der Waals surface area contributed by atoms with Gasteiger partial charge in [-0.15, -0.1) is 0 Å². The second kappa shape index (κ2) is 5.82. The Morgan fingerprint density at radius 2 is 1.96 bits per heavy atom.